The van der Waals surface area contributed by atoms with E-state index in [-0.39, 0.29) is 11.0 Å². The first-order valence-corrected chi connectivity index (χ1v) is 5.42. The van der Waals surface area contributed by atoms with Crippen molar-refractivity contribution in [1.29, 1.82) is 0 Å². The van der Waals surface area contributed by atoms with E-state index < -0.39 is 0 Å². The SMILES string of the molecule is CC1(C)CC(C)(C)c2c(O)cccc2N1. The van der Waals surface area contributed by atoms with Crippen molar-refractivity contribution in [2.75, 3.05) is 5.32 Å². The van der Waals surface area contributed by atoms with Gasteiger partial charge in [0.05, 0.1) is 0 Å². The minimum absolute atomic E-state index is 0.0232. The number of hydrogen-bond donors (Lipinski definition) is 2. The molecule has 1 aromatic rings. The van der Waals surface area contributed by atoms with Gasteiger partial charge in [-0.1, -0.05) is 19.9 Å². The monoisotopic (exact) mass is 205 g/mol. The lowest BCUT2D eigenvalue weighted by molar-refractivity contribution is 0.340. The highest BCUT2D eigenvalue weighted by atomic mass is 16.3. The molecule has 1 aromatic carbocycles. The Kier molecular flexibility index (Phi) is 2.00. The molecule has 2 nitrogen and oxygen atoms in total. The third kappa shape index (κ3) is 1.69. The lowest BCUT2D eigenvalue weighted by Gasteiger charge is -2.43. The van der Waals surface area contributed by atoms with Crippen LogP contribution in [-0.2, 0) is 5.41 Å². The first-order valence-electron chi connectivity index (χ1n) is 5.42. The van der Waals surface area contributed by atoms with E-state index in [4.69, 9.17) is 0 Å². The number of anilines is 1. The van der Waals surface area contributed by atoms with Crippen molar-refractivity contribution in [3.63, 3.8) is 0 Å². The molecule has 0 saturated heterocycles. The maximum atomic E-state index is 9.92. The Morgan fingerprint density at radius 3 is 2.53 bits per heavy atom. The number of hydrogen-bond acceptors (Lipinski definition) is 2. The van der Waals surface area contributed by atoms with E-state index >= 15 is 0 Å². The Morgan fingerprint density at radius 1 is 1.20 bits per heavy atom. The summed E-state index contributed by atoms with van der Waals surface area (Å²) in [5.74, 6) is 0.403. The Labute approximate surface area is 91.3 Å². The van der Waals surface area contributed by atoms with Crippen molar-refractivity contribution in [3.05, 3.63) is 23.8 Å². The molecule has 0 unspecified atom stereocenters. The van der Waals surface area contributed by atoms with Crippen molar-refractivity contribution in [2.24, 2.45) is 0 Å². The Morgan fingerprint density at radius 2 is 1.87 bits per heavy atom. The average molecular weight is 205 g/mol. The molecule has 0 atom stereocenters. The van der Waals surface area contributed by atoms with Crippen LogP contribution < -0.4 is 5.32 Å². The summed E-state index contributed by atoms with van der Waals surface area (Å²) < 4.78 is 0. The van der Waals surface area contributed by atoms with Crippen LogP contribution >= 0.6 is 0 Å². The van der Waals surface area contributed by atoms with E-state index in [1.807, 2.05) is 12.1 Å². The predicted octanol–water partition coefficient (Wildman–Crippen LogP) is 3.26. The van der Waals surface area contributed by atoms with Gasteiger partial charge in [-0.3, -0.25) is 0 Å². The van der Waals surface area contributed by atoms with Crippen molar-refractivity contribution in [1.82, 2.24) is 0 Å². The van der Waals surface area contributed by atoms with E-state index in [1.54, 1.807) is 6.07 Å². The lowest BCUT2D eigenvalue weighted by Crippen LogP contribution is -2.43. The van der Waals surface area contributed by atoms with Crippen LogP contribution in [-0.4, -0.2) is 10.6 Å². The fourth-order valence-corrected chi connectivity index (χ4v) is 2.96. The summed E-state index contributed by atoms with van der Waals surface area (Å²) in [5, 5.41) is 13.4. The summed E-state index contributed by atoms with van der Waals surface area (Å²) in [6.45, 7) is 8.77. The standard InChI is InChI=1S/C13H19NO/c1-12(2)8-13(3,4)14-9-6-5-7-10(15)11(9)12/h5-7,14-15H,8H2,1-4H3. The molecule has 0 bridgehead atoms. The Balaban J connectivity index is 2.60. The second-order valence-electron chi connectivity index (χ2n) is 5.77. The molecule has 82 valence electrons. The second kappa shape index (κ2) is 2.91. The minimum Gasteiger partial charge on any atom is -0.508 e. The van der Waals surface area contributed by atoms with Crippen molar-refractivity contribution >= 4 is 5.69 Å². The number of rotatable bonds is 0. The van der Waals surface area contributed by atoms with Gasteiger partial charge in [0.1, 0.15) is 5.75 Å². The topological polar surface area (TPSA) is 32.3 Å². The highest BCUT2D eigenvalue weighted by molar-refractivity contribution is 5.63. The molecular formula is C13H19NO. The van der Waals surface area contributed by atoms with Gasteiger partial charge in [0.2, 0.25) is 0 Å². The number of fused-ring (bicyclic) bond motifs is 1. The first-order chi connectivity index (χ1) is 6.82. The van der Waals surface area contributed by atoms with Crippen LogP contribution in [0.4, 0.5) is 5.69 Å². The van der Waals surface area contributed by atoms with Gasteiger partial charge in [0, 0.05) is 16.8 Å². The van der Waals surface area contributed by atoms with E-state index in [2.05, 4.69) is 33.0 Å². The molecule has 2 rings (SSSR count). The number of benzene rings is 1. The molecule has 0 fully saturated rings. The van der Waals surface area contributed by atoms with Gasteiger partial charge in [-0.15, -0.1) is 0 Å². The number of phenolic OH excluding ortho intramolecular Hbond substituents is 1. The summed E-state index contributed by atoms with van der Waals surface area (Å²) in [4.78, 5) is 0. The smallest absolute Gasteiger partial charge is 0.121 e. The zero-order valence-electron chi connectivity index (χ0n) is 9.89. The average Bonchev–Trinajstić information content (AvgIpc) is 1.97. The largest absolute Gasteiger partial charge is 0.508 e. The quantitative estimate of drug-likeness (QED) is 0.681. The van der Waals surface area contributed by atoms with Crippen LogP contribution in [0.5, 0.6) is 5.75 Å². The number of phenols is 1. The van der Waals surface area contributed by atoms with Gasteiger partial charge in [-0.05, 0) is 37.8 Å². The maximum Gasteiger partial charge on any atom is 0.121 e. The summed E-state index contributed by atoms with van der Waals surface area (Å²) in [6.07, 6.45) is 1.02. The highest BCUT2D eigenvalue weighted by Crippen LogP contribution is 2.46. The highest BCUT2D eigenvalue weighted by Gasteiger charge is 2.38. The Hall–Kier alpha value is -1.18. The van der Waals surface area contributed by atoms with Crippen LogP contribution in [0.15, 0.2) is 18.2 Å². The number of aromatic hydroxyl groups is 1. The van der Waals surface area contributed by atoms with E-state index in [0.717, 1.165) is 17.7 Å². The molecule has 0 radical (unpaired) electrons. The molecule has 15 heavy (non-hydrogen) atoms. The molecule has 1 heterocycles. The molecule has 0 amide bonds. The van der Waals surface area contributed by atoms with Crippen LogP contribution in [0, 0.1) is 0 Å². The maximum absolute atomic E-state index is 9.92. The van der Waals surface area contributed by atoms with Gasteiger partial charge in [-0.2, -0.15) is 0 Å². The fourth-order valence-electron chi connectivity index (χ4n) is 2.96. The number of nitrogens with one attached hydrogen (secondary N) is 1. The molecule has 2 heteroatoms. The molecule has 0 saturated carbocycles. The van der Waals surface area contributed by atoms with Crippen LogP contribution in [0.3, 0.4) is 0 Å². The van der Waals surface area contributed by atoms with E-state index in [1.165, 1.54) is 0 Å². The molecule has 0 aliphatic carbocycles. The first kappa shape index (κ1) is 10.3. The van der Waals surface area contributed by atoms with E-state index in [0.29, 0.717) is 5.75 Å². The second-order valence-corrected chi connectivity index (χ2v) is 5.77. The van der Waals surface area contributed by atoms with Crippen LogP contribution in [0.25, 0.3) is 0 Å². The summed E-state index contributed by atoms with van der Waals surface area (Å²) >= 11 is 0. The van der Waals surface area contributed by atoms with Crippen LogP contribution in [0.1, 0.15) is 39.7 Å². The van der Waals surface area contributed by atoms with Crippen molar-refractivity contribution in [2.45, 2.75) is 45.1 Å². The van der Waals surface area contributed by atoms with Gasteiger partial charge >= 0.3 is 0 Å². The molecule has 2 N–H and O–H groups in total. The van der Waals surface area contributed by atoms with Gasteiger partial charge in [0.25, 0.3) is 0 Å². The molecule has 0 spiro atoms. The third-order valence-corrected chi connectivity index (χ3v) is 3.08. The Bertz CT molecular complexity index is 394. The normalized spacial score (nSPS) is 21.6. The molecular weight excluding hydrogens is 186 g/mol. The van der Waals surface area contributed by atoms with Gasteiger partial charge in [0.15, 0.2) is 0 Å². The predicted molar refractivity (Wildman–Crippen MR) is 63.5 cm³/mol. The van der Waals surface area contributed by atoms with Gasteiger partial charge < -0.3 is 10.4 Å². The minimum atomic E-state index is 0.0232. The van der Waals surface area contributed by atoms with Crippen molar-refractivity contribution < 1.29 is 5.11 Å². The fraction of sp³-hybridized carbons (Fsp3) is 0.538. The summed E-state index contributed by atoms with van der Waals surface area (Å²) in [7, 11) is 0. The van der Waals surface area contributed by atoms with Crippen LogP contribution in [0.2, 0.25) is 0 Å². The zero-order valence-corrected chi connectivity index (χ0v) is 9.89. The summed E-state index contributed by atoms with van der Waals surface area (Å²) in [5.41, 5.74) is 2.22. The lowest BCUT2D eigenvalue weighted by atomic mass is 9.71. The van der Waals surface area contributed by atoms with Crippen molar-refractivity contribution in [3.8, 4) is 5.75 Å². The zero-order chi connectivity index (χ0) is 11.3. The van der Waals surface area contributed by atoms with E-state index in [9.17, 15) is 5.11 Å². The molecule has 1 aliphatic rings. The molecule has 0 aromatic heterocycles. The summed E-state index contributed by atoms with van der Waals surface area (Å²) in [6, 6.07) is 5.69. The van der Waals surface area contributed by atoms with Gasteiger partial charge in [-0.25, -0.2) is 0 Å². The molecule has 1 aliphatic heterocycles. The third-order valence-electron chi connectivity index (χ3n) is 3.08.